The second-order valence-corrected chi connectivity index (χ2v) is 3.71. The summed E-state index contributed by atoms with van der Waals surface area (Å²) in [5.41, 5.74) is 0.403. The quantitative estimate of drug-likeness (QED) is 0.483. The van der Waals surface area contributed by atoms with Gasteiger partial charge in [-0.1, -0.05) is 36.9 Å². The monoisotopic (exact) mass is 208 g/mol. The van der Waals surface area contributed by atoms with Crippen LogP contribution in [0.25, 0.3) is 4.91 Å². The largest absolute Gasteiger partial charge is 1.00 e. The molecule has 0 aliphatic carbocycles. The molecule has 13 heavy (non-hydrogen) atoms. The van der Waals surface area contributed by atoms with Crippen molar-refractivity contribution in [1.29, 1.82) is 0 Å². The van der Waals surface area contributed by atoms with E-state index in [9.17, 15) is 8.42 Å². The molecule has 0 aromatic heterocycles. The van der Waals surface area contributed by atoms with Gasteiger partial charge in [0.2, 0.25) is 0 Å². The van der Waals surface area contributed by atoms with Crippen LogP contribution < -0.4 is 29.6 Å². The van der Waals surface area contributed by atoms with Gasteiger partial charge in [0.1, 0.15) is 0 Å². The average molecular weight is 208 g/mol. The maximum atomic E-state index is 10.6. The van der Waals surface area contributed by atoms with Crippen LogP contribution in [0.4, 0.5) is 0 Å². The van der Waals surface area contributed by atoms with Crippen LogP contribution in [0.3, 0.4) is 0 Å². The van der Waals surface area contributed by atoms with Gasteiger partial charge in [-0.05, 0) is 5.56 Å². The molecule has 66 valence electrons. The predicted molar refractivity (Wildman–Crippen MR) is 48.1 cm³/mol. The molecule has 0 spiro atoms. The number of rotatable bonds is 2. The van der Waals surface area contributed by atoms with Crippen molar-refractivity contribution in [3.8, 4) is 0 Å². The summed E-state index contributed by atoms with van der Waals surface area (Å²) in [5.74, 6) is 0. The summed E-state index contributed by atoms with van der Waals surface area (Å²) in [6.45, 7) is 3.26. The van der Waals surface area contributed by atoms with Crippen LogP contribution in [0.1, 0.15) is 6.99 Å². The molecule has 0 radical (unpaired) electrons. The Labute approximate surface area is 101 Å². The summed E-state index contributed by atoms with van der Waals surface area (Å²) < 4.78 is 29.8. The Morgan fingerprint density at radius 3 is 2.15 bits per heavy atom. The zero-order valence-electron chi connectivity index (χ0n) is 8.27. The van der Waals surface area contributed by atoms with Gasteiger partial charge in [0.25, 0.3) is 10.1 Å². The van der Waals surface area contributed by atoms with E-state index in [0.29, 0.717) is 5.56 Å². The number of hydrogen-bond acceptors (Lipinski definition) is 2. The van der Waals surface area contributed by atoms with E-state index >= 15 is 0 Å². The fourth-order valence-corrected chi connectivity index (χ4v) is 1.21. The Morgan fingerprint density at radius 1 is 1.31 bits per heavy atom. The van der Waals surface area contributed by atoms with Crippen LogP contribution in [0, 0.1) is 0 Å². The van der Waals surface area contributed by atoms with Gasteiger partial charge in [0, 0.05) is 0 Å². The Bertz CT molecular complexity index is 388. The van der Waals surface area contributed by atoms with E-state index in [1.165, 1.54) is 0 Å². The van der Waals surface area contributed by atoms with Crippen molar-refractivity contribution in [1.82, 2.24) is 0 Å². The molecule has 0 saturated carbocycles. The van der Waals surface area contributed by atoms with Crippen LogP contribution in [-0.4, -0.2) is 13.0 Å². The van der Waals surface area contributed by atoms with Gasteiger partial charge in [-0.25, -0.2) is 0 Å². The molecule has 0 heterocycles. The molecular formula is C8H9NaO3S. The normalized spacial score (nSPS) is 10.2. The van der Waals surface area contributed by atoms with Crippen molar-refractivity contribution in [2.45, 2.75) is 0 Å². The standard InChI is InChI=1S/C8H8O3S.Na.H/c1-7(12(9,10)11)8-5-3-2-4-6-8;;/h2-6H,1H2,(H,9,10,11);;/q;+1;-1. The first kappa shape index (κ1) is 12.9. The van der Waals surface area contributed by atoms with E-state index in [1.54, 1.807) is 30.3 Å². The minimum atomic E-state index is -4.15. The first-order valence-electron chi connectivity index (χ1n) is 3.23. The van der Waals surface area contributed by atoms with Crippen molar-refractivity contribution in [3.05, 3.63) is 42.5 Å². The Morgan fingerprint density at radius 2 is 1.77 bits per heavy atom. The zero-order valence-corrected chi connectivity index (χ0v) is 10.1. The molecule has 1 aromatic carbocycles. The fourth-order valence-electron chi connectivity index (χ4n) is 0.773. The molecule has 1 aromatic rings. The van der Waals surface area contributed by atoms with Crippen LogP contribution in [0.2, 0.25) is 0 Å². The first-order valence-corrected chi connectivity index (χ1v) is 4.67. The van der Waals surface area contributed by atoms with Crippen molar-refractivity contribution in [3.63, 3.8) is 0 Å². The Kier molecular flexibility index (Phi) is 4.88. The summed E-state index contributed by atoms with van der Waals surface area (Å²) in [6, 6.07) is 8.23. The van der Waals surface area contributed by atoms with Crippen molar-refractivity contribution >= 4 is 15.0 Å². The van der Waals surface area contributed by atoms with Gasteiger partial charge in [-0.15, -0.1) is 0 Å². The van der Waals surface area contributed by atoms with E-state index in [0.717, 1.165) is 0 Å². The summed E-state index contributed by atoms with van der Waals surface area (Å²) in [4.78, 5) is -0.275. The van der Waals surface area contributed by atoms with Crippen LogP contribution in [-0.2, 0) is 10.1 Å². The minimum Gasteiger partial charge on any atom is -1.00 e. The minimum absolute atomic E-state index is 0. The van der Waals surface area contributed by atoms with E-state index in [-0.39, 0.29) is 35.9 Å². The van der Waals surface area contributed by atoms with E-state index in [1.807, 2.05) is 0 Å². The van der Waals surface area contributed by atoms with Crippen molar-refractivity contribution < 1.29 is 44.0 Å². The van der Waals surface area contributed by atoms with Crippen LogP contribution in [0.5, 0.6) is 0 Å². The van der Waals surface area contributed by atoms with Crippen molar-refractivity contribution in [2.75, 3.05) is 0 Å². The molecule has 0 bridgehead atoms. The molecule has 1 rings (SSSR count). The molecule has 0 fully saturated rings. The van der Waals surface area contributed by atoms with E-state index < -0.39 is 10.1 Å². The molecule has 5 heteroatoms. The Balaban J connectivity index is 0. The van der Waals surface area contributed by atoms with Crippen LogP contribution >= 0.6 is 0 Å². The molecule has 0 unspecified atom stereocenters. The van der Waals surface area contributed by atoms with Gasteiger partial charge >= 0.3 is 29.6 Å². The smallest absolute Gasteiger partial charge is 1.00 e. The topological polar surface area (TPSA) is 54.4 Å². The third-order valence-corrected chi connectivity index (χ3v) is 2.27. The number of benzene rings is 1. The molecular weight excluding hydrogens is 199 g/mol. The summed E-state index contributed by atoms with van der Waals surface area (Å²) in [6.07, 6.45) is 0. The molecule has 1 N–H and O–H groups in total. The van der Waals surface area contributed by atoms with Crippen LogP contribution in [0.15, 0.2) is 36.9 Å². The third kappa shape index (κ3) is 3.62. The van der Waals surface area contributed by atoms with Gasteiger partial charge in [-0.2, -0.15) is 8.42 Å². The van der Waals surface area contributed by atoms with Gasteiger partial charge in [-0.3, -0.25) is 4.55 Å². The second kappa shape index (κ2) is 4.93. The Hall–Kier alpha value is -0.130. The van der Waals surface area contributed by atoms with Gasteiger partial charge < -0.3 is 1.43 Å². The maximum absolute atomic E-state index is 10.6. The fraction of sp³-hybridized carbons (Fsp3) is 0. The molecule has 0 aliphatic rings. The summed E-state index contributed by atoms with van der Waals surface area (Å²) in [5, 5.41) is 0. The van der Waals surface area contributed by atoms with E-state index in [4.69, 9.17) is 4.55 Å². The predicted octanol–water partition coefficient (Wildman–Crippen LogP) is -1.34. The van der Waals surface area contributed by atoms with Gasteiger partial charge in [0.05, 0.1) is 4.91 Å². The molecule has 3 nitrogen and oxygen atoms in total. The molecule has 0 saturated heterocycles. The second-order valence-electron chi connectivity index (χ2n) is 2.26. The zero-order chi connectivity index (χ0) is 9.19. The SMILES string of the molecule is C=C(c1ccccc1)S(=O)(=O)O.[H-].[Na+]. The first-order chi connectivity index (χ1) is 5.52. The third-order valence-electron chi connectivity index (χ3n) is 1.41. The molecule has 0 amide bonds. The van der Waals surface area contributed by atoms with Gasteiger partial charge in [0.15, 0.2) is 0 Å². The maximum Gasteiger partial charge on any atom is 1.00 e. The summed E-state index contributed by atoms with van der Waals surface area (Å²) >= 11 is 0. The number of hydrogen-bond donors (Lipinski definition) is 1. The van der Waals surface area contributed by atoms with Crippen molar-refractivity contribution in [2.24, 2.45) is 0 Å². The summed E-state index contributed by atoms with van der Waals surface area (Å²) in [7, 11) is -4.15. The average Bonchev–Trinajstić information content (AvgIpc) is 2.03. The van der Waals surface area contributed by atoms with E-state index in [2.05, 4.69) is 6.58 Å². The molecule has 0 aliphatic heterocycles. The molecule has 0 atom stereocenters.